The van der Waals surface area contributed by atoms with Crippen LogP contribution in [0, 0.1) is 0 Å². The highest BCUT2D eigenvalue weighted by Crippen LogP contribution is 2.17. The number of benzene rings is 3. The van der Waals surface area contributed by atoms with Crippen LogP contribution in [0.5, 0.6) is 11.5 Å². The van der Waals surface area contributed by atoms with Gasteiger partial charge in [-0.05, 0) is 42.0 Å². The van der Waals surface area contributed by atoms with Crippen molar-refractivity contribution in [2.24, 2.45) is 5.16 Å². The van der Waals surface area contributed by atoms with Crippen molar-refractivity contribution in [3.05, 3.63) is 95.6 Å². The summed E-state index contributed by atoms with van der Waals surface area (Å²) in [4.78, 5) is 15.6. The van der Waals surface area contributed by atoms with Crippen molar-refractivity contribution in [3.63, 3.8) is 0 Å². The average molecular weight is 375 g/mol. The first kappa shape index (κ1) is 19.2. The normalized spacial score (nSPS) is 11.0. The van der Waals surface area contributed by atoms with Gasteiger partial charge >= 0.3 is 0 Å². The van der Waals surface area contributed by atoms with E-state index in [1.165, 1.54) is 7.11 Å². The Morgan fingerprint density at radius 1 is 0.857 bits per heavy atom. The van der Waals surface area contributed by atoms with Crippen LogP contribution in [0.15, 0.2) is 84.0 Å². The number of hydrogen-bond acceptors (Lipinski definition) is 5. The van der Waals surface area contributed by atoms with E-state index in [-0.39, 0.29) is 0 Å². The molecule has 0 aliphatic rings. The lowest BCUT2D eigenvalue weighted by Gasteiger charge is -2.10. The van der Waals surface area contributed by atoms with Crippen molar-refractivity contribution < 1.29 is 19.1 Å². The zero-order valence-corrected chi connectivity index (χ0v) is 15.6. The number of rotatable bonds is 9. The largest absolute Gasteiger partial charge is 0.489 e. The summed E-state index contributed by atoms with van der Waals surface area (Å²) in [5, 5.41) is 4.05. The van der Waals surface area contributed by atoms with Crippen LogP contribution in [0.1, 0.15) is 21.5 Å². The van der Waals surface area contributed by atoms with Gasteiger partial charge in [0.1, 0.15) is 43.8 Å². The maximum absolute atomic E-state index is 10.7. The molecule has 142 valence electrons. The molecule has 0 bridgehead atoms. The number of nitrogens with zero attached hydrogens (tertiary/aromatic N) is 1. The molecule has 28 heavy (non-hydrogen) atoms. The first-order valence-corrected chi connectivity index (χ1v) is 8.83. The van der Waals surface area contributed by atoms with Gasteiger partial charge in [-0.1, -0.05) is 47.6 Å². The first-order valence-electron chi connectivity index (χ1n) is 8.83. The summed E-state index contributed by atoms with van der Waals surface area (Å²) in [6, 6.07) is 24.5. The Kier molecular flexibility index (Phi) is 6.79. The Morgan fingerprint density at radius 2 is 1.50 bits per heavy atom. The summed E-state index contributed by atoms with van der Waals surface area (Å²) >= 11 is 0. The van der Waals surface area contributed by atoms with E-state index in [1.807, 2.05) is 54.6 Å². The SMILES string of the molecule is CON=C(COc1ccc(COc2ccc(C=O)cc2)cc1)c1ccccc1. The Balaban J connectivity index is 1.54. The number of carbonyl (C=O) groups excluding carboxylic acids is 1. The number of carbonyl (C=O) groups is 1. The molecule has 0 spiro atoms. The fraction of sp³-hybridized carbons (Fsp3) is 0.130. The van der Waals surface area contributed by atoms with Gasteiger partial charge in [0.2, 0.25) is 0 Å². The molecule has 3 aromatic rings. The zero-order valence-electron chi connectivity index (χ0n) is 15.6. The standard InChI is InChI=1S/C23H21NO4/c1-26-24-23(20-5-3-2-4-6-20)17-28-22-13-9-19(10-14-22)16-27-21-11-7-18(15-25)8-12-21/h2-15H,16-17H2,1H3. The minimum atomic E-state index is 0.302. The Morgan fingerprint density at radius 3 is 2.14 bits per heavy atom. The Hall–Kier alpha value is -3.60. The third-order valence-electron chi connectivity index (χ3n) is 4.03. The molecule has 0 unspecified atom stereocenters. The van der Waals surface area contributed by atoms with Gasteiger partial charge in [-0.3, -0.25) is 4.79 Å². The minimum absolute atomic E-state index is 0.302. The molecule has 3 rings (SSSR count). The summed E-state index contributed by atoms with van der Waals surface area (Å²) in [6.07, 6.45) is 0.809. The molecule has 0 amide bonds. The van der Waals surface area contributed by atoms with E-state index in [2.05, 4.69) is 5.16 Å². The summed E-state index contributed by atoms with van der Waals surface area (Å²) in [5.41, 5.74) is 3.31. The maximum atomic E-state index is 10.7. The molecular weight excluding hydrogens is 354 g/mol. The lowest BCUT2D eigenvalue weighted by molar-refractivity contribution is 0.112. The van der Waals surface area contributed by atoms with Gasteiger partial charge in [-0.2, -0.15) is 0 Å². The molecule has 0 fully saturated rings. The topological polar surface area (TPSA) is 57.1 Å². The summed E-state index contributed by atoms with van der Waals surface area (Å²) < 4.78 is 11.6. The van der Waals surface area contributed by atoms with Crippen LogP contribution in [0.4, 0.5) is 0 Å². The van der Waals surface area contributed by atoms with Gasteiger partial charge in [0, 0.05) is 11.1 Å². The molecule has 0 saturated heterocycles. The third-order valence-corrected chi connectivity index (χ3v) is 4.03. The van der Waals surface area contributed by atoms with Crippen molar-refractivity contribution in [1.29, 1.82) is 0 Å². The van der Waals surface area contributed by atoms with E-state index in [0.29, 0.717) is 30.2 Å². The second kappa shape index (κ2) is 9.92. The second-order valence-corrected chi connectivity index (χ2v) is 5.99. The van der Waals surface area contributed by atoms with E-state index in [1.54, 1.807) is 24.3 Å². The fourth-order valence-electron chi connectivity index (χ4n) is 2.55. The molecule has 0 aromatic heterocycles. The zero-order chi connectivity index (χ0) is 19.6. The highest BCUT2D eigenvalue weighted by molar-refractivity contribution is 6.01. The van der Waals surface area contributed by atoms with Gasteiger partial charge in [0.25, 0.3) is 0 Å². The van der Waals surface area contributed by atoms with Crippen LogP contribution in [0.3, 0.4) is 0 Å². The molecule has 0 aliphatic heterocycles. The van der Waals surface area contributed by atoms with Crippen molar-refractivity contribution in [3.8, 4) is 11.5 Å². The maximum Gasteiger partial charge on any atom is 0.150 e. The van der Waals surface area contributed by atoms with E-state index in [0.717, 1.165) is 23.2 Å². The van der Waals surface area contributed by atoms with Crippen molar-refractivity contribution in [2.75, 3.05) is 13.7 Å². The molecule has 0 radical (unpaired) electrons. The lowest BCUT2D eigenvalue weighted by Crippen LogP contribution is -2.13. The number of oxime groups is 1. The molecular formula is C23H21NO4. The van der Waals surface area contributed by atoms with Crippen LogP contribution in [-0.4, -0.2) is 25.7 Å². The monoisotopic (exact) mass is 375 g/mol. The predicted octanol–water partition coefficient (Wildman–Crippen LogP) is 4.51. The van der Waals surface area contributed by atoms with Gasteiger partial charge in [-0.25, -0.2) is 0 Å². The van der Waals surface area contributed by atoms with E-state index >= 15 is 0 Å². The summed E-state index contributed by atoms with van der Waals surface area (Å²) in [5.74, 6) is 1.45. The fourth-order valence-corrected chi connectivity index (χ4v) is 2.55. The van der Waals surface area contributed by atoms with Gasteiger partial charge in [0.15, 0.2) is 0 Å². The molecule has 5 nitrogen and oxygen atoms in total. The molecule has 0 N–H and O–H groups in total. The van der Waals surface area contributed by atoms with Crippen LogP contribution >= 0.6 is 0 Å². The smallest absolute Gasteiger partial charge is 0.150 e. The van der Waals surface area contributed by atoms with Gasteiger partial charge in [0.05, 0.1) is 0 Å². The molecule has 5 heteroatoms. The molecule has 0 aliphatic carbocycles. The second-order valence-electron chi connectivity index (χ2n) is 5.99. The Bertz CT molecular complexity index is 904. The van der Waals surface area contributed by atoms with E-state index < -0.39 is 0 Å². The average Bonchev–Trinajstić information content (AvgIpc) is 2.77. The third kappa shape index (κ3) is 5.45. The minimum Gasteiger partial charge on any atom is -0.489 e. The molecule has 0 saturated carbocycles. The molecule has 0 atom stereocenters. The highest BCUT2D eigenvalue weighted by atomic mass is 16.6. The van der Waals surface area contributed by atoms with E-state index in [4.69, 9.17) is 14.3 Å². The van der Waals surface area contributed by atoms with Crippen LogP contribution in [0.25, 0.3) is 0 Å². The predicted molar refractivity (Wildman–Crippen MR) is 108 cm³/mol. The Labute approximate surface area is 164 Å². The van der Waals surface area contributed by atoms with Crippen molar-refractivity contribution in [1.82, 2.24) is 0 Å². The van der Waals surface area contributed by atoms with Crippen molar-refractivity contribution in [2.45, 2.75) is 6.61 Å². The van der Waals surface area contributed by atoms with Gasteiger partial charge < -0.3 is 14.3 Å². The number of aldehydes is 1. The summed E-state index contributed by atoms with van der Waals surface area (Å²) in [6.45, 7) is 0.734. The quantitative estimate of drug-likeness (QED) is 0.314. The van der Waals surface area contributed by atoms with E-state index in [9.17, 15) is 4.79 Å². The highest BCUT2D eigenvalue weighted by Gasteiger charge is 2.06. The van der Waals surface area contributed by atoms with Crippen molar-refractivity contribution >= 4 is 12.0 Å². The number of ether oxygens (including phenoxy) is 2. The van der Waals surface area contributed by atoms with Gasteiger partial charge in [-0.15, -0.1) is 0 Å². The lowest BCUT2D eigenvalue weighted by atomic mass is 10.1. The number of hydrogen-bond donors (Lipinski definition) is 0. The summed E-state index contributed by atoms with van der Waals surface area (Å²) in [7, 11) is 1.52. The van der Waals surface area contributed by atoms with Crippen LogP contribution in [0.2, 0.25) is 0 Å². The molecule has 0 heterocycles. The van der Waals surface area contributed by atoms with Crippen LogP contribution < -0.4 is 9.47 Å². The first-order chi connectivity index (χ1) is 13.8. The van der Waals surface area contributed by atoms with Crippen LogP contribution in [-0.2, 0) is 11.4 Å². The molecule has 3 aromatic carbocycles.